The van der Waals surface area contributed by atoms with E-state index in [1.165, 1.54) is 4.90 Å². The lowest BCUT2D eigenvalue weighted by Gasteiger charge is -2.28. The van der Waals surface area contributed by atoms with E-state index in [2.05, 4.69) is 10.3 Å². The first kappa shape index (κ1) is 24.3. The number of rotatable bonds is 7. The van der Waals surface area contributed by atoms with Crippen molar-refractivity contribution < 1.29 is 19.8 Å². The van der Waals surface area contributed by atoms with Crippen molar-refractivity contribution in [1.82, 2.24) is 15.2 Å². The number of thiazole rings is 1. The molecule has 1 aromatic heterocycles. The molecule has 0 aliphatic carbocycles. The fraction of sp³-hybridized carbons (Fsp3) is 0.320. The molecule has 0 spiro atoms. The molecule has 1 aliphatic heterocycles. The number of hydrogen-bond donors (Lipinski definition) is 3. The SMILES string of the molecule is Cc1nc(-c2ccc(CNC(=O)[C@H](O)[C@@H](O)C(=O)N3CCCC3c3cccc(Cl)c3)cc2)cs1. The van der Waals surface area contributed by atoms with Gasteiger partial charge in [-0.15, -0.1) is 11.3 Å². The van der Waals surface area contributed by atoms with E-state index in [9.17, 15) is 19.8 Å². The molecule has 0 saturated carbocycles. The normalized spacial score (nSPS) is 17.4. The van der Waals surface area contributed by atoms with Crippen LogP contribution in [0.1, 0.15) is 35.0 Å². The van der Waals surface area contributed by atoms with Crippen molar-refractivity contribution in [2.45, 2.75) is 44.6 Å². The lowest BCUT2D eigenvalue weighted by molar-refractivity contribution is -0.153. The molecule has 7 nitrogen and oxygen atoms in total. The second kappa shape index (κ2) is 10.7. The van der Waals surface area contributed by atoms with E-state index in [0.717, 1.165) is 40.2 Å². The smallest absolute Gasteiger partial charge is 0.255 e. The fourth-order valence-electron chi connectivity index (χ4n) is 4.12. The maximum Gasteiger partial charge on any atom is 0.255 e. The van der Waals surface area contributed by atoms with Crippen molar-refractivity contribution in [3.8, 4) is 11.3 Å². The Hall–Kier alpha value is -2.78. The first-order chi connectivity index (χ1) is 16.3. The van der Waals surface area contributed by atoms with Crippen molar-refractivity contribution in [1.29, 1.82) is 0 Å². The third-order valence-corrected chi connectivity index (χ3v) is 6.93. The summed E-state index contributed by atoms with van der Waals surface area (Å²) >= 11 is 7.66. The first-order valence-electron chi connectivity index (χ1n) is 11.0. The van der Waals surface area contributed by atoms with E-state index >= 15 is 0 Å². The van der Waals surface area contributed by atoms with Gasteiger partial charge in [0.2, 0.25) is 0 Å². The molecule has 1 fully saturated rings. The van der Waals surface area contributed by atoms with Crippen LogP contribution in [0.4, 0.5) is 0 Å². The molecule has 2 heterocycles. The lowest BCUT2D eigenvalue weighted by Crippen LogP contribution is -2.50. The lowest BCUT2D eigenvalue weighted by atomic mass is 10.0. The summed E-state index contributed by atoms with van der Waals surface area (Å²) in [5, 5.41) is 26.9. The molecular formula is C25H26ClN3O4S. The summed E-state index contributed by atoms with van der Waals surface area (Å²) < 4.78 is 0. The predicted molar refractivity (Wildman–Crippen MR) is 131 cm³/mol. The summed E-state index contributed by atoms with van der Waals surface area (Å²) in [6, 6.07) is 14.5. The summed E-state index contributed by atoms with van der Waals surface area (Å²) in [5.41, 5.74) is 3.55. The van der Waals surface area contributed by atoms with Gasteiger partial charge in [0.15, 0.2) is 12.2 Å². The van der Waals surface area contributed by atoms with Crippen LogP contribution in [-0.4, -0.2) is 50.7 Å². The Morgan fingerprint density at radius 1 is 1.21 bits per heavy atom. The van der Waals surface area contributed by atoms with E-state index in [-0.39, 0.29) is 12.6 Å². The minimum absolute atomic E-state index is 0.155. The molecule has 9 heteroatoms. The summed E-state index contributed by atoms with van der Waals surface area (Å²) in [6.45, 7) is 2.54. The molecule has 1 unspecified atom stereocenters. The van der Waals surface area contributed by atoms with Gasteiger partial charge in [0.05, 0.1) is 16.7 Å². The Kier molecular flexibility index (Phi) is 7.63. The van der Waals surface area contributed by atoms with E-state index < -0.39 is 24.0 Å². The van der Waals surface area contributed by atoms with E-state index in [0.29, 0.717) is 11.6 Å². The van der Waals surface area contributed by atoms with E-state index in [1.807, 2.05) is 48.7 Å². The van der Waals surface area contributed by atoms with E-state index in [4.69, 9.17) is 11.6 Å². The number of hydrogen-bond acceptors (Lipinski definition) is 6. The van der Waals surface area contributed by atoms with Crippen LogP contribution < -0.4 is 5.32 Å². The van der Waals surface area contributed by atoms with Crippen molar-refractivity contribution in [3.63, 3.8) is 0 Å². The first-order valence-corrected chi connectivity index (χ1v) is 12.3. The molecular weight excluding hydrogens is 474 g/mol. The predicted octanol–water partition coefficient (Wildman–Crippen LogP) is 3.47. The minimum atomic E-state index is -1.87. The van der Waals surface area contributed by atoms with Gasteiger partial charge < -0.3 is 20.4 Å². The van der Waals surface area contributed by atoms with Crippen molar-refractivity contribution in [2.75, 3.05) is 6.54 Å². The molecule has 1 aliphatic rings. The fourth-order valence-corrected chi connectivity index (χ4v) is 4.94. The number of nitrogens with zero attached hydrogens (tertiary/aromatic N) is 2. The average molecular weight is 500 g/mol. The van der Waals surface area contributed by atoms with Gasteiger partial charge in [0.1, 0.15) is 0 Å². The van der Waals surface area contributed by atoms with Gasteiger partial charge in [0, 0.05) is 29.1 Å². The van der Waals surface area contributed by atoms with Gasteiger partial charge in [-0.1, -0.05) is 48.0 Å². The quantitative estimate of drug-likeness (QED) is 0.462. The van der Waals surface area contributed by atoms with Gasteiger partial charge in [0.25, 0.3) is 11.8 Å². The summed E-state index contributed by atoms with van der Waals surface area (Å²) in [6.07, 6.45) is -2.24. The van der Waals surface area contributed by atoms with Gasteiger partial charge >= 0.3 is 0 Å². The van der Waals surface area contributed by atoms with Crippen LogP contribution in [0.5, 0.6) is 0 Å². The molecule has 1 saturated heterocycles. The van der Waals surface area contributed by atoms with Crippen LogP contribution in [0, 0.1) is 6.92 Å². The molecule has 2 amide bonds. The van der Waals surface area contributed by atoms with Crippen molar-refractivity contribution in [3.05, 3.63) is 75.1 Å². The highest BCUT2D eigenvalue weighted by Gasteiger charge is 2.38. The second-order valence-corrected chi connectivity index (χ2v) is 9.80. The van der Waals surface area contributed by atoms with Crippen molar-refractivity contribution >= 4 is 34.8 Å². The Bertz CT molecular complexity index is 1170. The Morgan fingerprint density at radius 2 is 1.97 bits per heavy atom. The molecule has 34 heavy (non-hydrogen) atoms. The van der Waals surface area contributed by atoms with Crippen LogP contribution in [0.2, 0.25) is 5.02 Å². The number of aliphatic hydroxyl groups is 2. The minimum Gasteiger partial charge on any atom is -0.380 e. The van der Waals surface area contributed by atoms with Crippen LogP contribution in [0.3, 0.4) is 0 Å². The Balaban J connectivity index is 1.34. The van der Waals surface area contributed by atoms with E-state index in [1.54, 1.807) is 23.5 Å². The number of likely N-dealkylation sites (tertiary alicyclic amines) is 1. The molecule has 3 N–H and O–H groups in total. The number of carbonyl (C=O) groups excluding carboxylic acids is 2. The summed E-state index contributed by atoms with van der Waals surface area (Å²) in [4.78, 5) is 31.3. The molecule has 2 aromatic carbocycles. The van der Waals surface area contributed by atoms with Crippen LogP contribution >= 0.6 is 22.9 Å². The maximum absolute atomic E-state index is 12.9. The number of halogens is 1. The number of amides is 2. The largest absolute Gasteiger partial charge is 0.380 e. The number of aliphatic hydroxyl groups excluding tert-OH is 2. The molecule has 0 radical (unpaired) electrons. The Labute approximate surface area is 207 Å². The number of benzene rings is 2. The molecule has 178 valence electrons. The van der Waals surface area contributed by atoms with Gasteiger partial charge in [-0.05, 0) is 43.0 Å². The molecule has 4 rings (SSSR count). The zero-order valence-corrected chi connectivity index (χ0v) is 20.2. The number of carbonyl (C=O) groups is 2. The third kappa shape index (κ3) is 5.47. The third-order valence-electron chi connectivity index (χ3n) is 5.93. The zero-order valence-electron chi connectivity index (χ0n) is 18.6. The highest BCUT2D eigenvalue weighted by atomic mass is 35.5. The standard InChI is InChI=1S/C25H26ClN3O4S/c1-15-28-20(14-34-15)17-9-7-16(8-10-17)13-27-24(32)22(30)23(31)25(33)29-11-3-6-21(29)18-4-2-5-19(26)12-18/h2,4-5,7-10,12,14,21-23,30-31H,3,6,11,13H2,1H3,(H,27,32)/t21?,22-,23-/m1/s1. The summed E-state index contributed by atoms with van der Waals surface area (Å²) in [5.74, 6) is -1.48. The highest BCUT2D eigenvalue weighted by molar-refractivity contribution is 7.09. The van der Waals surface area contributed by atoms with Crippen LogP contribution in [0.25, 0.3) is 11.3 Å². The number of nitrogens with one attached hydrogen (secondary N) is 1. The second-order valence-electron chi connectivity index (χ2n) is 8.30. The topological polar surface area (TPSA) is 103 Å². The highest BCUT2D eigenvalue weighted by Crippen LogP contribution is 2.33. The van der Waals surface area contributed by atoms with Gasteiger partial charge in [-0.2, -0.15) is 0 Å². The average Bonchev–Trinajstić information content (AvgIpc) is 3.51. The summed E-state index contributed by atoms with van der Waals surface area (Å²) in [7, 11) is 0. The van der Waals surface area contributed by atoms with Crippen LogP contribution in [0.15, 0.2) is 53.9 Å². The van der Waals surface area contributed by atoms with Gasteiger partial charge in [-0.3, -0.25) is 9.59 Å². The van der Waals surface area contributed by atoms with Gasteiger partial charge in [-0.25, -0.2) is 4.98 Å². The molecule has 3 atom stereocenters. The number of aromatic nitrogens is 1. The van der Waals surface area contributed by atoms with Crippen LogP contribution in [-0.2, 0) is 16.1 Å². The number of aryl methyl sites for hydroxylation is 1. The zero-order chi connectivity index (χ0) is 24.2. The van der Waals surface area contributed by atoms with Crippen molar-refractivity contribution in [2.24, 2.45) is 0 Å². The molecule has 0 bridgehead atoms. The monoisotopic (exact) mass is 499 g/mol. The molecule has 3 aromatic rings. The maximum atomic E-state index is 12.9. The Morgan fingerprint density at radius 3 is 2.65 bits per heavy atom.